The van der Waals surface area contributed by atoms with Crippen LogP contribution in [-0.4, -0.2) is 30.6 Å². The van der Waals surface area contributed by atoms with E-state index in [1.165, 1.54) is 4.90 Å². The van der Waals surface area contributed by atoms with Crippen molar-refractivity contribution >= 4 is 12.0 Å². The molecule has 2 amide bonds. The molecular formula is C20H21NO4. The van der Waals surface area contributed by atoms with Gasteiger partial charge in [-0.1, -0.05) is 49.4 Å². The highest BCUT2D eigenvalue weighted by Gasteiger charge is 2.39. The monoisotopic (exact) mass is 339 g/mol. The molecule has 2 aromatic rings. The predicted octanol–water partition coefficient (Wildman–Crippen LogP) is 3.91. The van der Waals surface area contributed by atoms with Crippen molar-refractivity contribution in [3.63, 3.8) is 0 Å². The van der Waals surface area contributed by atoms with Gasteiger partial charge in [-0.15, -0.1) is 0 Å². The minimum Gasteiger partial charge on any atom is -0.497 e. The first kappa shape index (κ1) is 17.0. The second kappa shape index (κ2) is 7.38. The average Bonchev–Trinajstić information content (AvgIpc) is 3.04. The van der Waals surface area contributed by atoms with Gasteiger partial charge in [0.05, 0.1) is 7.11 Å². The Morgan fingerprint density at radius 3 is 2.52 bits per heavy atom. The summed E-state index contributed by atoms with van der Waals surface area (Å²) in [5.74, 6) is 0.539. The van der Waals surface area contributed by atoms with Gasteiger partial charge in [0.25, 0.3) is 0 Å². The Hall–Kier alpha value is -2.82. The Labute approximate surface area is 147 Å². The maximum Gasteiger partial charge on any atom is 0.417 e. The van der Waals surface area contributed by atoms with Gasteiger partial charge >= 0.3 is 6.09 Å². The molecule has 1 heterocycles. The van der Waals surface area contributed by atoms with Crippen LogP contribution in [0.5, 0.6) is 5.75 Å². The van der Waals surface area contributed by atoms with Gasteiger partial charge in [0.15, 0.2) is 0 Å². The molecule has 1 fully saturated rings. The summed E-state index contributed by atoms with van der Waals surface area (Å²) in [5, 5.41) is 0. The van der Waals surface area contributed by atoms with Crippen LogP contribution in [0.15, 0.2) is 54.6 Å². The van der Waals surface area contributed by atoms with Crippen molar-refractivity contribution in [2.24, 2.45) is 0 Å². The summed E-state index contributed by atoms with van der Waals surface area (Å²) in [7, 11) is 1.62. The molecule has 0 saturated carbocycles. The molecule has 0 bridgehead atoms. The largest absolute Gasteiger partial charge is 0.497 e. The number of cyclic esters (lactones) is 1. The number of carbonyl (C=O) groups excluding carboxylic acids is 2. The Kier molecular flexibility index (Phi) is 5.03. The molecule has 0 spiro atoms. The molecule has 5 nitrogen and oxygen atoms in total. The number of hydrogen-bond acceptors (Lipinski definition) is 4. The van der Waals surface area contributed by atoms with Crippen LogP contribution in [0.2, 0.25) is 0 Å². The number of methoxy groups -OCH3 is 1. The first-order valence-corrected chi connectivity index (χ1v) is 8.28. The molecule has 130 valence electrons. The first-order valence-electron chi connectivity index (χ1n) is 8.28. The second-order valence-corrected chi connectivity index (χ2v) is 6.15. The highest BCUT2D eigenvalue weighted by Crippen LogP contribution is 2.30. The molecule has 5 heteroatoms. The number of hydrogen-bond donors (Lipinski definition) is 0. The summed E-state index contributed by atoms with van der Waals surface area (Å²) in [4.78, 5) is 26.1. The average molecular weight is 339 g/mol. The van der Waals surface area contributed by atoms with E-state index >= 15 is 0 Å². The molecule has 0 unspecified atom stereocenters. The van der Waals surface area contributed by atoms with Crippen LogP contribution >= 0.6 is 0 Å². The van der Waals surface area contributed by atoms with Crippen molar-refractivity contribution in [3.05, 3.63) is 65.7 Å². The number of ether oxygens (including phenoxy) is 2. The maximum absolute atomic E-state index is 12.7. The van der Waals surface area contributed by atoms with Crippen LogP contribution in [0.25, 0.3) is 0 Å². The Morgan fingerprint density at radius 2 is 1.88 bits per heavy atom. The van der Waals surface area contributed by atoms with Crippen LogP contribution in [0.4, 0.5) is 4.79 Å². The Bertz CT molecular complexity index is 742. The zero-order valence-electron chi connectivity index (χ0n) is 14.3. The zero-order valence-corrected chi connectivity index (χ0v) is 14.3. The van der Waals surface area contributed by atoms with Crippen LogP contribution in [0.3, 0.4) is 0 Å². The van der Waals surface area contributed by atoms with Gasteiger partial charge < -0.3 is 9.47 Å². The van der Waals surface area contributed by atoms with Crippen LogP contribution < -0.4 is 4.74 Å². The molecular weight excluding hydrogens is 318 g/mol. The lowest BCUT2D eigenvalue weighted by Gasteiger charge is -2.22. The van der Waals surface area contributed by atoms with Crippen molar-refractivity contribution in [2.75, 3.05) is 13.7 Å². The third kappa shape index (κ3) is 3.65. The van der Waals surface area contributed by atoms with Gasteiger partial charge in [-0.3, -0.25) is 4.79 Å². The SMILES string of the molecule is COc1ccc([C@@H](C)CC(=O)N2C(=O)OC[C@H]2c2ccccc2)cc1. The number of benzene rings is 2. The minimum atomic E-state index is -0.569. The molecule has 0 aliphatic carbocycles. The molecule has 25 heavy (non-hydrogen) atoms. The fraction of sp³-hybridized carbons (Fsp3) is 0.300. The molecule has 0 radical (unpaired) electrons. The normalized spacial score (nSPS) is 17.9. The van der Waals surface area contributed by atoms with E-state index in [-0.39, 0.29) is 30.9 Å². The summed E-state index contributed by atoms with van der Waals surface area (Å²) in [6.45, 7) is 2.17. The molecule has 1 aliphatic rings. The summed E-state index contributed by atoms with van der Waals surface area (Å²) in [6.07, 6.45) is -0.328. The van der Waals surface area contributed by atoms with Crippen LogP contribution in [-0.2, 0) is 9.53 Å². The van der Waals surface area contributed by atoms with Crippen molar-refractivity contribution < 1.29 is 19.1 Å². The number of carbonyl (C=O) groups is 2. The molecule has 2 aromatic carbocycles. The Morgan fingerprint density at radius 1 is 1.20 bits per heavy atom. The number of imide groups is 1. The number of nitrogens with zero attached hydrogens (tertiary/aromatic N) is 1. The molecule has 2 atom stereocenters. The summed E-state index contributed by atoms with van der Waals surface area (Å²) in [6, 6.07) is 16.7. The minimum absolute atomic E-state index is 0.0109. The first-order chi connectivity index (χ1) is 12.1. The van der Waals surface area contributed by atoms with Gasteiger partial charge in [-0.25, -0.2) is 9.69 Å². The number of rotatable bonds is 5. The van der Waals surface area contributed by atoms with Crippen molar-refractivity contribution in [1.29, 1.82) is 0 Å². The van der Waals surface area contributed by atoms with E-state index in [9.17, 15) is 9.59 Å². The maximum atomic E-state index is 12.7. The fourth-order valence-electron chi connectivity index (χ4n) is 3.03. The van der Waals surface area contributed by atoms with E-state index in [2.05, 4.69) is 0 Å². The van der Waals surface area contributed by atoms with Gasteiger partial charge in [-0.05, 0) is 29.2 Å². The molecule has 1 aliphatic heterocycles. The summed E-state index contributed by atoms with van der Waals surface area (Å²) in [5.41, 5.74) is 1.93. The topological polar surface area (TPSA) is 55.8 Å². The molecule has 0 aromatic heterocycles. The highest BCUT2D eigenvalue weighted by atomic mass is 16.6. The van der Waals surface area contributed by atoms with Crippen molar-refractivity contribution in [3.8, 4) is 5.75 Å². The van der Waals surface area contributed by atoms with Gasteiger partial charge in [0.2, 0.25) is 5.91 Å². The lowest BCUT2D eigenvalue weighted by atomic mass is 9.96. The third-order valence-electron chi connectivity index (χ3n) is 4.49. The van der Waals surface area contributed by atoms with Gasteiger partial charge in [0, 0.05) is 6.42 Å². The van der Waals surface area contributed by atoms with E-state index in [0.29, 0.717) is 0 Å². The standard InChI is InChI=1S/C20H21NO4/c1-14(15-8-10-17(24-2)11-9-15)12-19(22)21-18(13-25-20(21)23)16-6-4-3-5-7-16/h3-11,14,18H,12-13H2,1-2H3/t14-,18-/m0/s1. The lowest BCUT2D eigenvalue weighted by Crippen LogP contribution is -2.34. The Balaban J connectivity index is 1.73. The van der Waals surface area contributed by atoms with E-state index in [4.69, 9.17) is 9.47 Å². The summed E-state index contributed by atoms with van der Waals surface area (Å²) >= 11 is 0. The lowest BCUT2D eigenvalue weighted by molar-refractivity contribution is -0.129. The quantitative estimate of drug-likeness (QED) is 0.829. The molecule has 1 saturated heterocycles. The fourth-order valence-corrected chi connectivity index (χ4v) is 3.03. The molecule has 3 rings (SSSR count). The van der Waals surface area contributed by atoms with Crippen LogP contribution in [0, 0.1) is 0 Å². The third-order valence-corrected chi connectivity index (χ3v) is 4.49. The van der Waals surface area contributed by atoms with Crippen molar-refractivity contribution in [1.82, 2.24) is 4.90 Å². The van der Waals surface area contributed by atoms with E-state index in [1.807, 2.05) is 61.5 Å². The predicted molar refractivity (Wildman–Crippen MR) is 93.4 cm³/mol. The van der Waals surface area contributed by atoms with E-state index in [0.717, 1.165) is 16.9 Å². The van der Waals surface area contributed by atoms with E-state index in [1.54, 1.807) is 7.11 Å². The second-order valence-electron chi connectivity index (χ2n) is 6.15. The van der Waals surface area contributed by atoms with Gasteiger partial charge in [-0.2, -0.15) is 0 Å². The van der Waals surface area contributed by atoms with Gasteiger partial charge in [0.1, 0.15) is 18.4 Å². The summed E-state index contributed by atoms with van der Waals surface area (Å²) < 4.78 is 10.3. The van der Waals surface area contributed by atoms with Crippen LogP contribution in [0.1, 0.15) is 36.4 Å². The highest BCUT2D eigenvalue weighted by molar-refractivity contribution is 5.94. The van der Waals surface area contributed by atoms with Crippen molar-refractivity contribution in [2.45, 2.75) is 25.3 Å². The molecule has 0 N–H and O–H groups in total. The number of amides is 2. The zero-order chi connectivity index (χ0) is 17.8. The van der Waals surface area contributed by atoms with E-state index < -0.39 is 6.09 Å². The smallest absolute Gasteiger partial charge is 0.417 e.